The summed E-state index contributed by atoms with van der Waals surface area (Å²) in [6.45, 7) is 0. The Morgan fingerprint density at radius 2 is 2.00 bits per heavy atom. The SMILES string of the molecule is Oc1cc(-c2cnn3ccccc23)ccc1-c1ccc(O[C@H]2C[C@@H]3CCC[C@@H](N3)[C@H]2F)nn1. The number of halogens is 1. The number of hydrogen-bond donors (Lipinski definition) is 2. The summed E-state index contributed by atoms with van der Waals surface area (Å²) >= 11 is 0. The Morgan fingerprint density at radius 1 is 1.06 bits per heavy atom. The molecule has 2 N–H and O–H groups in total. The Morgan fingerprint density at radius 3 is 2.85 bits per heavy atom. The van der Waals surface area contributed by atoms with Crippen LogP contribution in [0.3, 0.4) is 0 Å². The number of aromatic nitrogens is 4. The molecule has 0 spiro atoms. The number of nitrogens with one attached hydrogen (secondary N) is 1. The minimum Gasteiger partial charge on any atom is -0.507 e. The molecule has 2 saturated heterocycles. The summed E-state index contributed by atoms with van der Waals surface area (Å²) in [6.07, 6.45) is 5.68. The third-order valence-electron chi connectivity index (χ3n) is 6.70. The van der Waals surface area contributed by atoms with Gasteiger partial charge in [0.2, 0.25) is 5.88 Å². The largest absolute Gasteiger partial charge is 0.507 e. The highest BCUT2D eigenvalue weighted by molar-refractivity contribution is 5.82. The fourth-order valence-electron chi connectivity index (χ4n) is 5.03. The van der Waals surface area contributed by atoms with Gasteiger partial charge in [0, 0.05) is 41.9 Å². The summed E-state index contributed by atoms with van der Waals surface area (Å²) in [7, 11) is 0. The summed E-state index contributed by atoms with van der Waals surface area (Å²) in [6, 6.07) is 14.9. The number of phenols is 1. The van der Waals surface area contributed by atoms with Gasteiger partial charge >= 0.3 is 0 Å². The van der Waals surface area contributed by atoms with Crippen molar-refractivity contribution < 1.29 is 14.2 Å². The first-order valence-corrected chi connectivity index (χ1v) is 11.3. The number of fused-ring (bicyclic) bond motifs is 3. The number of rotatable bonds is 4. The van der Waals surface area contributed by atoms with Gasteiger partial charge in [-0.3, -0.25) is 0 Å². The molecule has 0 amide bonds. The van der Waals surface area contributed by atoms with Crippen LogP contribution in [-0.2, 0) is 0 Å². The molecule has 8 heteroatoms. The van der Waals surface area contributed by atoms with Crippen LogP contribution < -0.4 is 10.1 Å². The maximum atomic E-state index is 14.8. The van der Waals surface area contributed by atoms with Crippen molar-refractivity contribution >= 4 is 5.52 Å². The molecule has 4 aromatic rings. The summed E-state index contributed by atoms with van der Waals surface area (Å²) in [5, 5.41) is 26.8. The average Bonchev–Trinajstić information content (AvgIpc) is 3.27. The van der Waals surface area contributed by atoms with Crippen LogP contribution in [0.1, 0.15) is 25.7 Å². The highest BCUT2D eigenvalue weighted by Crippen LogP contribution is 2.35. The molecule has 0 unspecified atom stereocenters. The van der Waals surface area contributed by atoms with E-state index >= 15 is 0 Å². The van der Waals surface area contributed by atoms with Crippen LogP contribution >= 0.6 is 0 Å². The van der Waals surface area contributed by atoms with Crippen molar-refractivity contribution in [1.29, 1.82) is 0 Å². The van der Waals surface area contributed by atoms with Crippen LogP contribution in [0.4, 0.5) is 4.39 Å². The molecule has 7 nitrogen and oxygen atoms in total. The molecule has 2 fully saturated rings. The molecule has 1 aromatic carbocycles. The summed E-state index contributed by atoms with van der Waals surface area (Å²) < 4.78 is 22.4. The lowest BCUT2D eigenvalue weighted by Gasteiger charge is -2.42. The number of aromatic hydroxyl groups is 1. The van der Waals surface area contributed by atoms with Gasteiger partial charge in [-0.2, -0.15) is 5.10 Å². The highest BCUT2D eigenvalue weighted by atomic mass is 19.1. The van der Waals surface area contributed by atoms with Crippen molar-refractivity contribution in [3.8, 4) is 34.0 Å². The Balaban J connectivity index is 1.21. The molecular formula is C25H24FN5O2. The first kappa shape index (κ1) is 20.1. The lowest BCUT2D eigenvalue weighted by molar-refractivity contribution is 0.00652. The fraction of sp³-hybridized carbons (Fsp3) is 0.320. The number of hydrogen-bond acceptors (Lipinski definition) is 6. The number of nitrogens with zero attached hydrogens (tertiary/aromatic N) is 4. The molecule has 2 aliphatic rings. The molecule has 168 valence electrons. The molecule has 0 saturated carbocycles. The Labute approximate surface area is 190 Å². The molecule has 2 bridgehead atoms. The summed E-state index contributed by atoms with van der Waals surface area (Å²) in [4.78, 5) is 0. The summed E-state index contributed by atoms with van der Waals surface area (Å²) in [5.74, 6) is 0.398. The predicted octanol–water partition coefficient (Wildman–Crippen LogP) is 4.16. The van der Waals surface area contributed by atoms with Crippen LogP contribution in [0.15, 0.2) is 60.9 Å². The van der Waals surface area contributed by atoms with E-state index in [1.54, 1.807) is 28.9 Å². The molecule has 0 radical (unpaired) electrons. The van der Waals surface area contributed by atoms with E-state index in [1.807, 2.05) is 36.5 Å². The Hall–Kier alpha value is -3.52. The van der Waals surface area contributed by atoms with E-state index in [2.05, 4.69) is 20.6 Å². The molecule has 3 aromatic heterocycles. The van der Waals surface area contributed by atoms with E-state index in [1.165, 1.54) is 0 Å². The zero-order valence-electron chi connectivity index (χ0n) is 17.9. The zero-order chi connectivity index (χ0) is 22.4. The van der Waals surface area contributed by atoms with Crippen molar-refractivity contribution in [2.75, 3.05) is 0 Å². The quantitative estimate of drug-likeness (QED) is 0.491. The molecular weight excluding hydrogens is 421 g/mol. The van der Waals surface area contributed by atoms with Gasteiger partial charge < -0.3 is 15.2 Å². The third kappa shape index (κ3) is 3.70. The first-order chi connectivity index (χ1) is 16.2. The minimum atomic E-state index is -1.06. The van der Waals surface area contributed by atoms with Crippen molar-refractivity contribution in [2.24, 2.45) is 0 Å². The second-order valence-electron chi connectivity index (χ2n) is 8.81. The molecule has 0 aliphatic carbocycles. The van der Waals surface area contributed by atoms with E-state index < -0.39 is 12.3 Å². The van der Waals surface area contributed by atoms with Gasteiger partial charge in [0.25, 0.3) is 0 Å². The van der Waals surface area contributed by atoms with E-state index in [-0.39, 0.29) is 11.8 Å². The third-order valence-corrected chi connectivity index (χ3v) is 6.70. The topological polar surface area (TPSA) is 84.6 Å². The van der Waals surface area contributed by atoms with Crippen molar-refractivity contribution in [3.63, 3.8) is 0 Å². The number of pyridine rings is 1. The van der Waals surface area contributed by atoms with Crippen molar-refractivity contribution in [1.82, 2.24) is 25.1 Å². The monoisotopic (exact) mass is 445 g/mol. The molecule has 5 heterocycles. The van der Waals surface area contributed by atoms with Gasteiger partial charge in [0.05, 0.1) is 17.4 Å². The molecule has 33 heavy (non-hydrogen) atoms. The molecule has 4 atom stereocenters. The number of ether oxygens (including phenoxy) is 1. The van der Waals surface area contributed by atoms with Crippen LogP contribution in [0, 0.1) is 0 Å². The standard InChI is InChI=1S/C25H24FN5O2/c26-25-20-5-3-4-16(28-20)13-23(25)33-24-10-9-19(29-30-24)17-8-7-15(12-22(17)32)18-14-27-31-11-2-1-6-21(18)31/h1-2,6-12,14,16,20,23,25,28,32H,3-5,13H2/t16-,20+,23-,25+/m0/s1. The summed E-state index contributed by atoms with van der Waals surface area (Å²) in [5.41, 5.74) is 3.83. The second-order valence-corrected chi connectivity index (χ2v) is 8.81. The lowest BCUT2D eigenvalue weighted by Crippen LogP contribution is -2.59. The Kier molecular flexibility index (Phi) is 4.95. The van der Waals surface area contributed by atoms with E-state index in [4.69, 9.17) is 4.74 Å². The second kappa shape index (κ2) is 8.12. The maximum Gasteiger partial charge on any atom is 0.233 e. The van der Waals surface area contributed by atoms with Gasteiger partial charge in [0.1, 0.15) is 11.9 Å². The van der Waals surface area contributed by atoms with Gasteiger partial charge in [-0.25, -0.2) is 8.91 Å². The zero-order valence-corrected chi connectivity index (χ0v) is 17.9. The van der Waals surface area contributed by atoms with Crippen LogP contribution in [0.25, 0.3) is 27.9 Å². The van der Waals surface area contributed by atoms with Crippen LogP contribution in [0.5, 0.6) is 11.6 Å². The van der Waals surface area contributed by atoms with Crippen LogP contribution in [-0.4, -0.2) is 49.3 Å². The Bertz CT molecular complexity index is 1290. The van der Waals surface area contributed by atoms with Crippen molar-refractivity contribution in [2.45, 2.75) is 50.0 Å². The predicted molar refractivity (Wildman–Crippen MR) is 122 cm³/mol. The lowest BCUT2D eigenvalue weighted by atomic mass is 9.84. The molecule has 6 rings (SSSR count). The maximum absolute atomic E-state index is 14.8. The minimum absolute atomic E-state index is 0.0979. The fourth-order valence-corrected chi connectivity index (χ4v) is 5.03. The van der Waals surface area contributed by atoms with E-state index in [9.17, 15) is 9.50 Å². The smallest absolute Gasteiger partial charge is 0.233 e. The number of phenolic OH excluding ortho intramolecular Hbond substituents is 1. The highest BCUT2D eigenvalue weighted by Gasteiger charge is 2.41. The first-order valence-electron chi connectivity index (χ1n) is 11.3. The average molecular weight is 445 g/mol. The number of alkyl halides is 1. The van der Waals surface area contributed by atoms with Crippen molar-refractivity contribution in [3.05, 3.63) is 60.9 Å². The van der Waals surface area contributed by atoms with E-state index in [0.717, 1.165) is 35.9 Å². The van der Waals surface area contributed by atoms with Gasteiger partial charge in [-0.05, 0) is 48.7 Å². The van der Waals surface area contributed by atoms with Gasteiger partial charge in [-0.15, -0.1) is 10.2 Å². The van der Waals surface area contributed by atoms with E-state index in [0.29, 0.717) is 29.6 Å². The van der Waals surface area contributed by atoms with Crippen LogP contribution in [0.2, 0.25) is 0 Å². The normalized spacial score (nSPS) is 24.6. The molecule has 2 aliphatic heterocycles. The van der Waals surface area contributed by atoms with Gasteiger partial charge in [0.15, 0.2) is 6.17 Å². The van der Waals surface area contributed by atoms with Gasteiger partial charge in [-0.1, -0.05) is 18.6 Å². The number of piperidine rings is 2. The number of benzene rings is 1.